The molecule has 29 heavy (non-hydrogen) atoms. The van der Waals surface area contributed by atoms with E-state index < -0.39 is 0 Å². The van der Waals surface area contributed by atoms with E-state index >= 15 is 0 Å². The number of benzene rings is 2. The van der Waals surface area contributed by atoms with Crippen molar-refractivity contribution in [2.45, 2.75) is 59.8 Å². The van der Waals surface area contributed by atoms with Crippen LogP contribution in [0.3, 0.4) is 0 Å². The van der Waals surface area contributed by atoms with Crippen molar-refractivity contribution in [1.82, 2.24) is 4.98 Å². The van der Waals surface area contributed by atoms with Crippen LogP contribution < -0.4 is 0 Å². The maximum Gasteiger partial charge on any atom is 0.0456 e. The van der Waals surface area contributed by atoms with Gasteiger partial charge in [-0.05, 0) is 68.7 Å². The van der Waals surface area contributed by atoms with Gasteiger partial charge in [-0.2, -0.15) is 0 Å². The molecule has 3 aromatic rings. The van der Waals surface area contributed by atoms with Crippen LogP contribution in [0.15, 0.2) is 54.7 Å². The van der Waals surface area contributed by atoms with E-state index in [0.29, 0.717) is 0 Å². The van der Waals surface area contributed by atoms with E-state index in [9.17, 15) is 0 Å². The molecule has 0 saturated heterocycles. The number of aromatic nitrogens is 1. The molecule has 0 aliphatic heterocycles. The van der Waals surface area contributed by atoms with Crippen molar-refractivity contribution < 1.29 is 10.6 Å². The lowest BCUT2D eigenvalue weighted by Gasteiger charge is -2.19. The Balaban J connectivity index is 0.000000321. The summed E-state index contributed by atoms with van der Waals surface area (Å²) in [7, 11) is 0. The molecule has 1 saturated carbocycles. The molecule has 160 valence electrons. The largest absolute Gasteiger partial charge is 0.412 e. The van der Waals surface area contributed by atoms with Gasteiger partial charge in [0.1, 0.15) is 0 Å². The molecule has 1 heterocycles. The fourth-order valence-electron chi connectivity index (χ4n) is 4.29. The van der Waals surface area contributed by atoms with Gasteiger partial charge in [0, 0.05) is 23.7 Å². The number of aryl methyl sites for hydroxylation is 2. The number of aliphatic hydroxyl groups excluding tert-OH is 1. The standard InChI is InChI=1S/C17H23N.C7H8.C2H6O.H2O/c1-3-13-5-4-6-14(13)11-16-12(2)7-8-17-15(16)9-10-18-17;1-7-5-3-2-4-6-7;1-2-3;/h7-10,13-14,18H,3-6,11H2,1-2H3;2-6H,1H3;3H,2H2,1H3;1H2/t13-,14?;;;/m1.../s1. The molecule has 2 aromatic carbocycles. The number of aromatic amines is 1. The molecular formula is C26H39NO2. The molecule has 1 unspecified atom stereocenters. The average Bonchev–Trinajstić information content (AvgIpc) is 3.35. The highest BCUT2D eigenvalue weighted by Gasteiger charge is 2.26. The predicted molar refractivity (Wildman–Crippen MR) is 125 cm³/mol. The lowest BCUT2D eigenvalue weighted by atomic mass is 9.85. The molecule has 4 rings (SSSR count). The first kappa shape index (κ1) is 24.9. The second-order valence-electron chi connectivity index (χ2n) is 7.83. The van der Waals surface area contributed by atoms with Crippen molar-refractivity contribution in [2.24, 2.45) is 11.8 Å². The normalized spacial score (nSPS) is 17.6. The van der Waals surface area contributed by atoms with Gasteiger partial charge in [0.2, 0.25) is 0 Å². The van der Waals surface area contributed by atoms with E-state index in [-0.39, 0.29) is 12.1 Å². The molecule has 0 amide bonds. The zero-order chi connectivity index (χ0) is 20.4. The molecule has 3 nitrogen and oxygen atoms in total. The van der Waals surface area contributed by atoms with E-state index in [1.54, 1.807) is 12.5 Å². The monoisotopic (exact) mass is 397 g/mol. The Hall–Kier alpha value is -2.10. The van der Waals surface area contributed by atoms with Gasteiger partial charge in [-0.1, -0.05) is 68.1 Å². The van der Waals surface area contributed by atoms with E-state index in [1.165, 1.54) is 54.1 Å². The van der Waals surface area contributed by atoms with Gasteiger partial charge < -0.3 is 15.6 Å². The van der Waals surface area contributed by atoms with E-state index in [0.717, 1.165) is 11.8 Å². The van der Waals surface area contributed by atoms with Gasteiger partial charge in [0.05, 0.1) is 0 Å². The van der Waals surface area contributed by atoms with Crippen molar-refractivity contribution in [3.8, 4) is 0 Å². The van der Waals surface area contributed by atoms with Crippen LogP contribution in [0.2, 0.25) is 0 Å². The van der Waals surface area contributed by atoms with Crippen molar-refractivity contribution >= 4 is 10.9 Å². The Kier molecular flexibility index (Phi) is 11.3. The first-order valence-electron chi connectivity index (χ1n) is 10.8. The Morgan fingerprint density at radius 1 is 0.931 bits per heavy atom. The summed E-state index contributed by atoms with van der Waals surface area (Å²) in [5, 5.41) is 9.01. The summed E-state index contributed by atoms with van der Waals surface area (Å²) in [6.07, 6.45) is 9.01. The van der Waals surface area contributed by atoms with Crippen molar-refractivity contribution in [2.75, 3.05) is 6.61 Å². The maximum atomic E-state index is 7.57. The smallest absolute Gasteiger partial charge is 0.0456 e. The third kappa shape index (κ3) is 7.34. The summed E-state index contributed by atoms with van der Waals surface area (Å²) in [5.41, 5.74) is 5.66. The van der Waals surface area contributed by atoms with Crippen LogP contribution in [0.4, 0.5) is 0 Å². The fourth-order valence-corrected chi connectivity index (χ4v) is 4.29. The number of nitrogens with one attached hydrogen (secondary N) is 1. The lowest BCUT2D eigenvalue weighted by molar-refractivity contribution is 0.318. The van der Waals surface area contributed by atoms with Crippen molar-refractivity contribution in [3.05, 3.63) is 71.4 Å². The van der Waals surface area contributed by atoms with Gasteiger partial charge in [-0.15, -0.1) is 0 Å². The Morgan fingerprint density at radius 3 is 2.17 bits per heavy atom. The number of hydrogen-bond donors (Lipinski definition) is 2. The fraction of sp³-hybridized carbons (Fsp3) is 0.462. The molecule has 3 heteroatoms. The summed E-state index contributed by atoms with van der Waals surface area (Å²) in [5.74, 6) is 1.87. The molecule has 4 N–H and O–H groups in total. The lowest BCUT2D eigenvalue weighted by Crippen LogP contribution is -2.11. The molecular weight excluding hydrogens is 358 g/mol. The van der Waals surface area contributed by atoms with Crippen LogP contribution in [0.25, 0.3) is 10.9 Å². The zero-order valence-electron chi connectivity index (χ0n) is 18.5. The molecule has 2 atom stereocenters. The summed E-state index contributed by atoms with van der Waals surface area (Å²) in [4.78, 5) is 3.34. The second kappa shape index (κ2) is 13.2. The van der Waals surface area contributed by atoms with Crippen LogP contribution >= 0.6 is 0 Å². The minimum absolute atomic E-state index is 0. The molecule has 0 radical (unpaired) electrons. The number of aliphatic hydroxyl groups is 1. The molecule has 1 aromatic heterocycles. The highest BCUT2D eigenvalue weighted by atomic mass is 16.2. The van der Waals surface area contributed by atoms with Gasteiger partial charge in [-0.3, -0.25) is 0 Å². The molecule has 0 spiro atoms. The summed E-state index contributed by atoms with van der Waals surface area (Å²) >= 11 is 0. The topological polar surface area (TPSA) is 67.5 Å². The predicted octanol–water partition coefficient (Wildman–Crippen LogP) is 6.01. The Bertz CT molecular complexity index is 810. The quantitative estimate of drug-likeness (QED) is 0.558. The van der Waals surface area contributed by atoms with Gasteiger partial charge in [0.25, 0.3) is 0 Å². The second-order valence-corrected chi connectivity index (χ2v) is 7.83. The van der Waals surface area contributed by atoms with Crippen LogP contribution in [-0.4, -0.2) is 22.2 Å². The zero-order valence-corrected chi connectivity index (χ0v) is 18.5. The maximum absolute atomic E-state index is 7.57. The molecule has 1 fully saturated rings. The highest BCUT2D eigenvalue weighted by molar-refractivity contribution is 5.84. The van der Waals surface area contributed by atoms with Gasteiger partial charge >= 0.3 is 0 Å². The summed E-state index contributed by atoms with van der Waals surface area (Å²) < 4.78 is 0. The first-order chi connectivity index (χ1) is 13.6. The first-order valence-corrected chi connectivity index (χ1v) is 10.8. The number of rotatable bonds is 3. The molecule has 1 aliphatic rings. The van der Waals surface area contributed by atoms with E-state index in [1.807, 2.05) is 18.2 Å². The average molecular weight is 398 g/mol. The number of H-pyrrole nitrogens is 1. The SMILES string of the molecule is CCO.CC[C@@H]1CCCC1Cc1c(C)ccc2[nH]ccc12.Cc1ccccc1.O. The Morgan fingerprint density at radius 2 is 1.59 bits per heavy atom. The van der Waals surface area contributed by atoms with Crippen LogP contribution in [0, 0.1) is 25.7 Å². The molecule has 0 bridgehead atoms. The minimum atomic E-state index is 0. The van der Waals surface area contributed by atoms with Crippen molar-refractivity contribution in [1.29, 1.82) is 0 Å². The third-order valence-electron chi connectivity index (χ3n) is 5.83. The van der Waals surface area contributed by atoms with Gasteiger partial charge in [0.15, 0.2) is 0 Å². The van der Waals surface area contributed by atoms with Gasteiger partial charge in [-0.25, -0.2) is 0 Å². The molecule has 1 aliphatic carbocycles. The Labute approximate surface area is 176 Å². The van der Waals surface area contributed by atoms with Crippen LogP contribution in [0.1, 0.15) is 56.2 Å². The highest BCUT2D eigenvalue weighted by Crippen LogP contribution is 2.38. The van der Waals surface area contributed by atoms with E-state index in [2.05, 4.69) is 62.3 Å². The van der Waals surface area contributed by atoms with Crippen molar-refractivity contribution in [3.63, 3.8) is 0 Å². The summed E-state index contributed by atoms with van der Waals surface area (Å²) in [6.45, 7) is 8.63. The van der Waals surface area contributed by atoms with Crippen LogP contribution in [0.5, 0.6) is 0 Å². The van der Waals surface area contributed by atoms with E-state index in [4.69, 9.17) is 5.11 Å². The summed E-state index contributed by atoms with van der Waals surface area (Å²) in [6, 6.07) is 17.0. The minimum Gasteiger partial charge on any atom is -0.412 e. The number of fused-ring (bicyclic) bond motifs is 1. The number of hydrogen-bond acceptors (Lipinski definition) is 1. The third-order valence-corrected chi connectivity index (χ3v) is 5.83. The van der Waals surface area contributed by atoms with Crippen LogP contribution in [-0.2, 0) is 6.42 Å².